The summed E-state index contributed by atoms with van der Waals surface area (Å²) >= 11 is 6.00. The van der Waals surface area contributed by atoms with Crippen LogP contribution < -0.4 is 0 Å². The maximum absolute atomic E-state index is 6.00. The van der Waals surface area contributed by atoms with E-state index in [1.54, 1.807) is 0 Å². The largest absolute Gasteiger partial charge is 0.376 e. The second-order valence-electron chi connectivity index (χ2n) is 4.43. The van der Waals surface area contributed by atoms with E-state index in [2.05, 4.69) is 9.78 Å². The average molecular weight is 227 g/mol. The molecule has 1 aromatic heterocycles. The highest BCUT2D eigenvalue weighted by molar-refractivity contribution is 6.17. The highest BCUT2D eigenvalue weighted by atomic mass is 35.5. The zero-order valence-electron chi connectivity index (χ0n) is 8.71. The SMILES string of the molecule is ClCc1c2c(nn1CC1CC1)CCOC2. The third-order valence-corrected chi connectivity index (χ3v) is 3.49. The Labute approximate surface area is 94.4 Å². The number of hydrogen-bond donors (Lipinski definition) is 0. The normalized spacial score (nSPS) is 20.3. The number of hydrogen-bond acceptors (Lipinski definition) is 2. The van der Waals surface area contributed by atoms with E-state index in [4.69, 9.17) is 16.3 Å². The number of halogens is 1. The lowest BCUT2D eigenvalue weighted by atomic mass is 10.1. The maximum Gasteiger partial charge on any atom is 0.0753 e. The molecule has 15 heavy (non-hydrogen) atoms. The number of alkyl halides is 1. The number of rotatable bonds is 3. The Balaban J connectivity index is 1.93. The molecule has 1 fully saturated rings. The van der Waals surface area contributed by atoms with E-state index in [-0.39, 0.29) is 0 Å². The zero-order chi connectivity index (χ0) is 10.3. The summed E-state index contributed by atoms with van der Waals surface area (Å²) in [7, 11) is 0. The number of nitrogens with zero attached hydrogens (tertiary/aromatic N) is 2. The van der Waals surface area contributed by atoms with Crippen LogP contribution in [0.25, 0.3) is 0 Å². The van der Waals surface area contributed by atoms with Crippen molar-refractivity contribution >= 4 is 11.6 Å². The Bertz CT molecular complexity index is 371. The Hall–Kier alpha value is -0.540. The van der Waals surface area contributed by atoms with Gasteiger partial charge >= 0.3 is 0 Å². The Morgan fingerprint density at radius 3 is 3.07 bits per heavy atom. The lowest BCUT2D eigenvalue weighted by molar-refractivity contribution is 0.109. The second-order valence-corrected chi connectivity index (χ2v) is 4.70. The van der Waals surface area contributed by atoms with Crippen LogP contribution in [0.2, 0.25) is 0 Å². The van der Waals surface area contributed by atoms with E-state index >= 15 is 0 Å². The van der Waals surface area contributed by atoms with Crippen LogP contribution in [0.5, 0.6) is 0 Å². The first-order valence-electron chi connectivity index (χ1n) is 5.59. The standard InChI is InChI=1S/C11H15ClN2O/c12-5-11-9-7-15-4-3-10(9)13-14(11)6-8-1-2-8/h8H,1-7H2. The molecule has 0 aromatic carbocycles. The van der Waals surface area contributed by atoms with E-state index in [0.29, 0.717) is 12.5 Å². The summed E-state index contributed by atoms with van der Waals surface area (Å²) in [6, 6.07) is 0. The molecule has 0 bridgehead atoms. The first-order valence-corrected chi connectivity index (χ1v) is 6.13. The molecule has 1 aliphatic carbocycles. The molecule has 0 radical (unpaired) electrons. The van der Waals surface area contributed by atoms with Crippen molar-refractivity contribution < 1.29 is 4.74 Å². The van der Waals surface area contributed by atoms with Gasteiger partial charge in [0.1, 0.15) is 0 Å². The van der Waals surface area contributed by atoms with Crippen LogP contribution in [-0.2, 0) is 30.2 Å². The third-order valence-electron chi connectivity index (χ3n) is 3.23. The van der Waals surface area contributed by atoms with Gasteiger partial charge in [-0.05, 0) is 18.8 Å². The quantitative estimate of drug-likeness (QED) is 0.739. The fourth-order valence-electron chi connectivity index (χ4n) is 2.14. The van der Waals surface area contributed by atoms with Gasteiger partial charge in [0, 0.05) is 18.5 Å². The molecule has 1 aromatic rings. The van der Waals surface area contributed by atoms with Crippen LogP contribution >= 0.6 is 11.6 Å². The number of fused-ring (bicyclic) bond motifs is 1. The first-order chi connectivity index (χ1) is 7.38. The van der Waals surface area contributed by atoms with Crippen LogP contribution in [0.15, 0.2) is 0 Å². The minimum absolute atomic E-state index is 0.554. The highest BCUT2D eigenvalue weighted by Gasteiger charge is 2.26. The molecular formula is C11H15ClN2O. The van der Waals surface area contributed by atoms with E-state index in [0.717, 1.165) is 25.5 Å². The smallest absolute Gasteiger partial charge is 0.0753 e. The fraction of sp³-hybridized carbons (Fsp3) is 0.727. The monoisotopic (exact) mass is 226 g/mol. The van der Waals surface area contributed by atoms with Gasteiger partial charge in [-0.1, -0.05) is 0 Å². The van der Waals surface area contributed by atoms with Gasteiger partial charge in [0.25, 0.3) is 0 Å². The third kappa shape index (κ3) is 1.79. The molecule has 0 atom stereocenters. The van der Waals surface area contributed by atoms with E-state index in [1.807, 2.05) is 0 Å². The maximum atomic E-state index is 6.00. The first kappa shape index (κ1) is 9.67. The van der Waals surface area contributed by atoms with Crippen LogP contribution in [0.1, 0.15) is 29.8 Å². The summed E-state index contributed by atoms with van der Waals surface area (Å²) in [4.78, 5) is 0. The molecule has 4 heteroatoms. The van der Waals surface area contributed by atoms with Gasteiger partial charge in [-0.15, -0.1) is 11.6 Å². The summed E-state index contributed by atoms with van der Waals surface area (Å²) in [6.45, 7) is 2.55. The molecule has 0 unspecified atom stereocenters. The number of aromatic nitrogens is 2. The predicted octanol–water partition coefficient (Wildman–Crippen LogP) is 2.10. The topological polar surface area (TPSA) is 27.1 Å². The van der Waals surface area contributed by atoms with Gasteiger partial charge < -0.3 is 4.74 Å². The van der Waals surface area contributed by atoms with Crippen molar-refractivity contribution in [3.05, 3.63) is 17.0 Å². The predicted molar refractivity (Wildman–Crippen MR) is 57.9 cm³/mol. The minimum atomic E-state index is 0.554. The molecule has 0 N–H and O–H groups in total. The van der Waals surface area contributed by atoms with Gasteiger partial charge in [0.05, 0.1) is 30.5 Å². The van der Waals surface area contributed by atoms with Crippen molar-refractivity contribution in [1.29, 1.82) is 0 Å². The van der Waals surface area contributed by atoms with Crippen molar-refractivity contribution in [3.8, 4) is 0 Å². The second kappa shape index (κ2) is 3.80. The van der Waals surface area contributed by atoms with E-state index in [9.17, 15) is 0 Å². The molecule has 0 saturated heterocycles. The van der Waals surface area contributed by atoms with Crippen molar-refractivity contribution in [2.75, 3.05) is 6.61 Å². The fourth-order valence-corrected chi connectivity index (χ4v) is 2.44. The van der Waals surface area contributed by atoms with Crippen molar-refractivity contribution in [1.82, 2.24) is 9.78 Å². The number of ether oxygens (including phenoxy) is 1. The Morgan fingerprint density at radius 1 is 1.47 bits per heavy atom. The van der Waals surface area contributed by atoms with Crippen LogP contribution in [0.3, 0.4) is 0 Å². The molecule has 1 saturated carbocycles. The summed E-state index contributed by atoms with van der Waals surface area (Å²) in [6.07, 6.45) is 3.64. The summed E-state index contributed by atoms with van der Waals surface area (Å²) in [5, 5.41) is 4.65. The molecular weight excluding hydrogens is 212 g/mol. The minimum Gasteiger partial charge on any atom is -0.376 e. The molecule has 0 spiro atoms. The molecule has 1 aliphatic heterocycles. The molecule has 3 nitrogen and oxygen atoms in total. The van der Waals surface area contributed by atoms with Crippen LogP contribution in [-0.4, -0.2) is 16.4 Å². The summed E-state index contributed by atoms with van der Waals surface area (Å²) in [5.41, 5.74) is 3.63. The molecule has 3 rings (SSSR count). The lowest BCUT2D eigenvalue weighted by Gasteiger charge is -2.11. The van der Waals surface area contributed by atoms with Crippen molar-refractivity contribution in [3.63, 3.8) is 0 Å². The van der Waals surface area contributed by atoms with E-state index < -0.39 is 0 Å². The van der Waals surface area contributed by atoms with Gasteiger partial charge in [0.15, 0.2) is 0 Å². The zero-order valence-corrected chi connectivity index (χ0v) is 9.46. The van der Waals surface area contributed by atoms with Gasteiger partial charge in [-0.2, -0.15) is 5.10 Å². The van der Waals surface area contributed by atoms with Crippen molar-refractivity contribution in [2.45, 2.75) is 38.3 Å². The van der Waals surface area contributed by atoms with Gasteiger partial charge in [-0.25, -0.2) is 0 Å². The summed E-state index contributed by atoms with van der Waals surface area (Å²) in [5.74, 6) is 1.40. The molecule has 0 amide bonds. The van der Waals surface area contributed by atoms with E-state index in [1.165, 1.54) is 29.8 Å². The molecule has 82 valence electrons. The van der Waals surface area contributed by atoms with Gasteiger partial charge in [-0.3, -0.25) is 4.68 Å². The summed E-state index contributed by atoms with van der Waals surface area (Å²) < 4.78 is 7.58. The molecule has 2 aliphatic rings. The Kier molecular flexibility index (Phi) is 2.45. The lowest BCUT2D eigenvalue weighted by Crippen LogP contribution is -2.09. The van der Waals surface area contributed by atoms with Crippen LogP contribution in [0.4, 0.5) is 0 Å². The molecule has 2 heterocycles. The Morgan fingerprint density at radius 2 is 2.33 bits per heavy atom. The van der Waals surface area contributed by atoms with Crippen molar-refractivity contribution in [2.24, 2.45) is 5.92 Å². The average Bonchev–Trinajstić information content (AvgIpc) is 2.99. The highest BCUT2D eigenvalue weighted by Crippen LogP contribution is 2.32. The van der Waals surface area contributed by atoms with Crippen LogP contribution in [0, 0.1) is 5.92 Å². The van der Waals surface area contributed by atoms with Gasteiger partial charge in [0.2, 0.25) is 0 Å².